The van der Waals surface area contributed by atoms with Crippen LogP contribution in [0.25, 0.3) is 0 Å². The Bertz CT molecular complexity index is 936. The summed E-state index contributed by atoms with van der Waals surface area (Å²) in [6, 6.07) is 22.7. The van der Waals surface area contributed by atoms with Gasteiger partial charge in [-0.3, -0.25) is 0 Å². The Kier molecular flexibility index (Phi) is 31.5. The van der Waals surface area contributed by atoms with Gasteiger partial charge in [0.25, 0.3) is 10.3 Å². The highest BCUT2D eigenvalue weighted by atomic mass is 32.1. The largest absolute Gasteiger partial charge is 0.487 e. The second-order valence-corrected chi connectivity index (χ2v) is 14.4. The third-order valence-corrected chi connectivity index (χ3v) is 9.69. The Morgan fingerprint density at radius 3 is 1.18 bits per heavy atom. The Morgan fingerprint density at radius 1 is 0.571 bits per heavy atom. The van der Waals surface area contributed by atoms with Crippen LogP contribution in [0, 0.1) is 0 Å². The van der Waals surface area contributed by atoms with Gasteiger partial charge in [0.1, 0.15) is 0 Å². The minimum Gasteiger partial charge on any atom is -0.487 e. The van der Waals surface area contributed by atoms with Crippen LogP contribution in [0.2, 0.25) is 0 Å². The fraction of sp³-hybridized carbons (Fsp3) is 0.674. The van der Waals surface area contributed by atoms with Gasteiger partial charge < -0.3 is 20.8 Å². The Morgan fingerprint density at radius 2 is 0.878 bits per heavy atom. The average Bonchev–Trinajstić information content (AvgIpc) is 3.10. The third-order valence-electron chi connectivity index (χ3n) is 9.48. The van der Waals surface area contributed by atoms with Crippen LogP contribution in [0.1, 0.15) is 174 Å². The number of hydrogen-bond acceptors (Lipinski definition) is 2. The minimum atomic E-state index is -0.500. The van der Waals surface area contributed by atoms with Gasteiger partial charge in [0.15, 0.2) is 0 Å². The van der Waals surface area contributed by atoms with Crippen molar-refractivity contribution < 1.29 is 10.2 Å². The van der Waals surface area contributed by atoms with Gasteiger partial charge in [0.05, 0.1) is 0 Å². The SMILES string of the molecule is C.CCCCCCCCc1ccccc1.CCCCCCCCc1ccccc1.NC(O)=S.OC(=S)N(C1CCCCC1)C1CCCCC1. The first kappa shape index (κ1) is 46.8. The second kappa shape index (κ2) is 33.0. The van der Waals surface area contributed by atoms with Crippen molar-refractivity contribution in [2.24, 2.45) is 5.73 Å². The molecule has 0 heterocycles. The topological polar surface area (TPSA) is 69.7 Å². The minimum absolute atomic E-state index is 0. The molecular formula is C43H74N2O2S2. The summed E-state index contributed by atoms with van der Waals surface area (Å²) in [5, 5.41) is 17.0. The van der Waals surface area contributed by atoms with Crippen LogP contribution in [-0.2, 0) is 12.8 Å². The van der Waals surface area contributed by atoms with Crippen LogP contribution >= 0.6 is 24.4 Å². The normalized spacial score (nSPS) is 14.3. The van der Waals surface area contributed by atoms with E-state index in [4.69, 9.17) is 17.3 Å². The van der Waals surface area contributed by atoms with Crippen LogP contribution in [-0.4, -0.2) is 37.5 Å². The van der Waals surface area contributed by atoms with Crippen LogP contribution in [0.5, 0.6) is 0 Å². The lowest BCUT2D eigenvalue weighted by molar-refractivity contribution is 0.138. The molecule has 0 saturated heterocycles. The van der Waals surface area contributed by atoms with Gasteiger partial charge in [0.2, 0.25) is 0 Å². The number of benzene rings is 2. The quantitative estimate of drug-likeness (QED) is 0.119. The zero-order chi connectivity index (χ0) is 35.1. The average molecular weight is 715 g/mol. The molecule has 0 radical (unpaired) electrons. The van der Waals surface area contributed by atoms with Crippen LogP contribution < -0.4 is 5.73 Å². The van der Waals surface area contributed by atoms with Gasteiger partial charge in [-0.25, -0.2) is 0 Å². The molecule has 2 fully saturated rings. The molecule has 4 nitrogen and oxygen atoms in total. The maximum Gasteiger partial charge on any atom is 0.257 e. The van der Waals surface area contributed by atoms with Gasteiger partial charge >= 0.3 is 0 Å². The van der Waals surface area contributed by atoms with E-state index in [2.05, 4.69) is 97.4 Å². The first-order chi connectivity index (χ1) is 23.4. The van der Waals surface area contributed by atoms with E-state index in [-0.39, 0.29) is 12.6 Å². The molecule has 2 aromatic rings. The zero-order valence-corrected chi connectivity index (χ0v) is 32.3. The van der Waals surface area contributed by atoms with Crippen molar-refractivity contribution in [3.8, 4) is 0 Å². The van der Waals surface area contributed by atoms with E-state index in [1.807, 2.05) is 0 Å². The van der Waals surface area contributed by atoms with Crippen molar-refractivity contribution in [3.63, 3.8) is 0 Å². The Balaban J connectivity index is 0.000000663. The van der Waals surface area contributed by atoms with Gasteiger partial charge in [0, 0.05) is 12.1 Å². The van der Waals surface area contributed by atoms with E-state index in [0.29, 0.717) is 12.1 Å². The molecule has 0 aliphatic heterocycles. The van der Waals surface area contributed by atoms with Crippen molar-refractivity contribution in [2.45, 2.75) is 187 Å². The molecule has 0 bridgehead atoms. The highest BCUT2D eigenvalue weighted by Gasteiger charge is 2.30. The fourth-order valence-corrected chi connectivity index (χ4v) is 7.14. The number of unbranched alkanes of at least 4 members (excludes halogenated alkanes) is 10. The molecule has 280 valence electrons. The van der Waals surface area contributed by atoms with E-state index in [1.54, 1.807) is 0 Å². The lowest BCUT2D eigenvalue weighted by Crippen LogP contribution is -2.48. The lowest BCUT2D eigenvalue weighted by atomic mass is 9.89. The summed E-state index contributed by atoms with van der Waals surface area (Å²) in [6.45, 7) is 4.54. The van der Waals surface area contributed by atoms with E-state index in [0.717, 1.165) is 0 Å². The van der Waals surface area contributed by atoms with Gasteiger partial charge in [-0.1, -0.05) is 185 Å². The number of thiocarbonyl (C=S) groups is 2. The van der Waals surface area contributed by atoms with Crippen LogP contribution in [0.15, 0.2) is 60.7 Å². The summed E-state index contributed by atoms with van der Waals surface area (Å²) in [5.41, 5.74) is 7.38. The summed E-state index contributed by atoms with van der Waals surface area (Å²) < 4.78 is 0. The Labute approximate surface area is 313 Å². The molecule has 0 aromatic heterocycles. The molecule has 4 N–H and O–H groups in total. The molecular weight excluding hydrogens is 641 g/mol. The van der Waals surface area contributed by atoms with Gasteiger partial charge in [-0.05, 0) is 86.9 Å². The predicted octanol–water partition coefficient (Wildman–Crippen LogP) is 13.4. The molecule has 2 aliphatic carbocycles. The molecule has 0 spiro atoms. The summed E-state index contributed by atoms with van der Waals surface area (Å²) >= 11 is 8.93. The summed E-state index contributed by atoms with van der Waals surface area (Å²) in [6.07, 6.45) is 32.0. The maximum absolute atomic E-state index is 9.77. The standard InChI is InChI=1S/2C14H22.C13H23NOS.CH3NOS.CH4/c2*1-2-3-4-5-6-8-11-14-12-9-7-10-13-14;15-13(16)14(11-7-3-1-4-8-11)12-9-5-2-6-10-12;2-1(3)4;/h2*7,9-10,12-13H,2-6,8,11H2,1H3;11-12H,1-10H2,(H,15,16);(H3,2,3,4);1H4. The molecule has 0 amide bonds. The van der Waals surface area contributed by atoms with Crippen molar-refractivity contribution in [2.75, 3.05) is 0 Å². The maximum atomic E-state index is 9.77. The predicted molar refractivity (Wildman–Crippen MR) is 224 cm³/mol. The highest BCUT2D eigenvalue weighted by Crippen LogP contribution is 2.30. The number of hydrogen-bond donors (Lipinski definition) is 3. The fourth-order valence-electron chi connectivity index (χ4n) is 6.84. The van der Waals surface area contributed by atoms with Gasteiger partial charge in [-0.15, -0.1) is 0 Å². The summed E-state index contributed by atoms with van der Waals surface area (Å²) in [7, 11) is 0. The van der Waals surface area contributed by atoms with Crippen molar-refractivity contribution in [1.29, 1.82) is 0 Å². The van der Waals surface area contributed by atoms with Crippen molar-refractivity contribution in [3.05, 3.63) is 71.8 Å². The molecule has 49 heavy (non-hydrogen) atoms. The van der Waals surface area contributed by atoms with E-state index in [9.17, 15) is 5.11 Å². The Hall–Kier alpha value is -2.18. The first-order valence-corrected chi connectivity index (χ1v) is 20.3. The van der Waals surface area contributed by atoms with E-state index >= 15 is 0 Å². The highest BCUT2D eigenvalue weighted by molar-refractivity contribution is 7.80. The number of aryl methyl sites for hydroxylation is 2. The van der Waals surface area contributed by atoms with Crippen molar-refractivity contribution in [1.82, 2.24) is 4.90 Å². The summed E-state index contributed by atoms with van der Waals surface area (Å²) in [5.74, 6) is 0. The van der Waals surface area contributed by atoms with Crippen LogP contribution in [0.3, 0.4) is 0 Å². The molecule has 0 unspecified atom stereocenters. The zero-order valence-electron chi connectivity index (χ0n) is 30.6. The molecule has 6 heteroatoms. The summed E-state index contributed by atoms with van der Waals surface area (Å²) in [4.78, 5) is 2.17. The molecule has 0 atom stereocenters. The van der Waals surface area contributed by atoms with Gasteiger partial charge in [-0.2, -0.15) is 0 Å². The van der Waals surface area contributed by atoms with Crippen molar-refractivity contribution >= 4 is 34.8 Å². The number of rotatable bonds is 16. The second-order valence-electron chi connectivity index (χ2n) is 13.6. The number of nitrogens with two attached hydrogens (primary N) is 1. The first-order valence-electron chi connectivity index (χ1n) is 19.5. The number of aliphatic hydroxyl groups excluding tert-OH is 2. The molecule has 4 rings (SSSR count). The monoisotopic (exact) mass is 715 g/mol. The number of aliphatic hydroxyl groups is 2. The third kappa shape index (κ3) is 26.3. The van der Waals surface area contributed by atoms with E-state index < -0.39 is 5.17 Å². The lowest BCUT2D eigenvalue weighted by Gasteiger charge is -2.41. The van der Waals surface area contributed by atoms with Crippen LogP contribution in [0.4, 0.5) is 0 Å². The number of nitrogens with zero attached hydrogens (tertiary/aromatic N) is 1. The molecule has 2 saturated carbocycles. The molecule has 2 aromatic carbocycles. The van der Waals surface area contributed by atoms with E-state index in [1.165, 1.54) is 165 Å². The molecule has 2 aliphatic rings. The smallest absolute Gasteiger partial charge is 0.257 e.